The molecule has 0 saturated carbocycles. The molecule has 108 valence electrons. The standard InChI is InChI=1S/C12H16F4N2O/c1-7(2)17-5-9-4-10(13)6-18-11(9)19-8(3)12(14,15)16/h4,6-8,17H,5H2,1-3H3. The molecule has 1 aromatic rings. The molecule has 0 fully saturated rings. The Morgan fingerprint density at radius 3 is 2.47 bits per heavy atom. The van der Waals surface area contributed by atoms with Gasteiger partial charge in [-0.05, 0) is 13.0 Å². The Hall–Kier alpha value is -1.37. The largest absolute Gasteiger partial charge is 0.465 e. The number of aromatic nitrogens is 1. The Kier molecular flexibility index (Phi) is 5.11. The van der Waals surface area contributed by atoms with Crippen LogP contribution in [-0.2, 0) is 6.54 Å². The summed E-state index contributed by atoms with van der Waals surface area (Å²) in [7, 11) is 0. The van der Waals surface area contributed by atoms with Gasteiger partial charge in [-0.15, -0.1) is 0 Å². The van der Waals surface area contributed by atoms with Crippen LogP contribution in [0.1, 0.15) is 26.3 Å². The lowest BCUT2D eigenvalue weighted by molar-refractivity contribution is -0.190. The minimum atomic E-state index is -4.49. The fraction of sp³-hybridized carbons (Fsp3) is 0.583. The summed E-state index contributed by atoms with van der Waals surface area (Å²) in [5, 5.41) is 2.97. The monoisotopic (exact) mass is 280 g/mol. The van der Waals surface area contributed by atoms with Crippen molar-refractivity contribution in [1.29, 1.82) is 0 Å². The molecule has 7 heteroatoms. The molecule has 0 saturated heterocycles. The minimum Gasteiger partial charge on any atom is -0.465 e. The molecule has 0 amide bonds. The highest BCUT2D eigenvalue weighted by Crippen LogP contribution is 2.26. The van der Waals surface area contributed by atoms with E-state index in [2.05, 4.69) is 10.3 Å². The molecule has 0 aliphatic rings. The lowest BCUT2D eigenvalue weighted by Gasteiger charge is -2.19. The maximum atomic E-state index is 13.1. The molecule has 1 aromatic heterocycles. The molecule has 0 aliphatic heterocycles. The molecule has 3 nitrogen and oxygen atoms in total. The number of nitrogens with zero attached hydrogens (tertiary/aromatic N) is 1. The van der Waals surface area contributed by atoms with Crippen molar-refractivity contribution in [3.8, 4) is 5.88 Å². The van der Waals surface area contributed by atoms with Gasteiger partial charge in [0.05, 0.1) is 6.20 Å². The lowest BCUT2D eigenvalue weighted by Crippen LogP contribution is -2.32. The average Bonchev–Trinajstić information content (AvgIpc) is 2.27. The first-order chi connectivity index (χ1) is 8.70. The van der Waals surface area contributed by atoms with Gasteiger partial charge in [0.2, 0.25) is 5.88 Å². The van der Waals surface area contributed by atoms with Crippen LogP contribution in [-0.4, -0.2) is 23.3 Å². The van der Waals surface area contributed by atoms with Gasteiger partial charge in [0.15, 0.2) is 6.10 Å². The van der Waals surface area contributed by atoms with E-state index in [1.807, 2.05) is 13.8 Å². The van der Waals surface area contributed by atoms with Crippen LogP contribution in [0.3, 0.4) is 0 Å². The van der Waals surface area contributed by atoms with Gasteiger partial charge in [-0.3, -0.25) is 0 Å². The summed E-state index contributed by atoms with van der Waals surface area (Å²) in [6, 6.07) is 1.22. The molecule has 0 radical (unpaired) electrons. The maximum Gasteiger partial charge on any atom is 0.425 e. The fourth-order valence-corrected chi connectivity index (χ4v) is 1.25. The molecule has 0 aliphatic carbocycles. The number of alkyl halides is 3. The molecule has 1 atom stereocenters. The van der Waals surface area contributed by atoms with E-state index in [1.54, 1.807) is 0 Å². The van der Waals surface area contributed by atoms with Crippen LogP contribution in [0.4, 0.5) is 17.6 Å². The van der Waals surface area contributed by atoms with E-state index in [9.17, 15) is 17.6 Å². The van der Waals surface area contributed by atoms with Crippen LogP contribution < -0.4 is 10.1 Å². The summed E-state index contributed by atoms with van der Waals surface area (Å²) < 4.78 is 55.1. The highest BCUT2D eigenvalue weighted by molar-refractivity contribution is 5.26. The van der Waals surface area contributed by atoms with Gasteiger partial charge < -0.3 is 10.1 Å². The van der Waals surface area contributed by atoms with Crippen molar-refractivity contribution >= 4 is 0 Å². The third-order valence-electron chi connectivity index (χ3n) is 2.34. The molecule has 0 aromatic carbocycles. The first-order valence-corrected chi connectivity index (χ1v) is 5.81. The smallest absolute Gasteiger partial charge is 0.425 e. The SMILES string of the molecule is CC(C)NCc1cc(F)cnc1OC(C)C(F)(F)F. The predicted octanol–water partition coefficient (Wildman–Crippen LogP) is 3.05. The van der Waals surface area contributed by atoms with Crippen molar-refractivity contribution in [2.75, 3.05) is 0 Å². The van der Waals surface area contributed by atoms with Crippen molar-refractivity contribution in [3.63, 3.8) is 0 Å². The molecular weight excluding hydrogens is 264 g/mol. The quantitative estimate of drug-likeness (QED) is 0.842. The van der Waals surface area contributed by atoms with Crippen LogP contribution in [0.5, 0.6) is 5.88 Å². The third kappa shape index (κ3) is 5.02. The normalized spacial score (nSPS) is 13.7. The van der Waals surface area contributed by atoms with E-state index in [1.165, 1.54) is 0 Å². The zero-order valence-electron chi connectivity index (χ0n) is 10.9. The lowest BCUT2D eigenvalue weighted by atomic mass is 10.2. The van der Waals surface area contributed by atoms with Crippen LogP contribution in [0.15, 0.2) is 12.3 Å². The maximum absolute atomic E-state index is 13.1. The highest BCUT2D eigenvalue weighted by atomic mass is 19.4. The van der Waals surface area contributed by atoms with Crippen LogP contribution in [0.2, 0.25) is 0 Å². The minimum absolute atomic E-state index is 0.108. The highest BCUT2D eigenvalue weighted by Gasteiger charge is 2.38. The Labute approximate surface area is 109 Å². The van der Waals surface area contributed by atoms with Crippen molar-refractivity contribution in [3.05, 3.63) is 23.6 Å². The average molecular weight is 280 g/mol. The second-order valence-electron chi connectivity index (χ2n) is 4.46. The summed E-state index contributed by atoms with van der Waals surface area (Å²) in [5.41, 5.74) is 0.254. The summed E-state index contributed by atoms with van der Waals surface area (Å²) in [5.74, 6) is -0.827. The molecule has 0 bridgehead atoms. The van der Waals surface area contributed by atoms with E-state index in [0.29, 0.717) is 0 Å². The van der Waals surface area contributed by atoms with Gasteiger partial charge in [0.1, 0.15) is 5.82 Å². The molecule has 19 heavy (non-hydrogen) atoms. The second-order valence-corrected chi connectivity index (χ2v) is 4.46. The van der Waals surface area contributed by atoms with Gasteiger partial charge in [-0.1, -0.05) is 13.8 Å². The molecule has 1 unspecified atom stereocenters. The first kappa shape index (κ1) is 15.7. The molecule has 1 N–H and O–H groups in total. The van der Waals surface area contributed by atoms with Gasteiger partial charge in [0.25, 0.3) is 0 Å². The van der Waals surface area contributed by atoms with Crippen molar-refractivity contribution < 1.29 is 22.3 Å². The number of hydrogen-bond acceptors (Lipinski definition) is 3. The van der Waals surface area contributed by atoms with Gasteiger partial charge in [-0.25, -0.2) is 9.37 Å². The van der Waals surface area contributed by atoms with Crippen molar-refractivity contribution in [1.82, 2.24) is 10.3 Å². The number of ether oxygens (including phenoxy) is 1. The fourth-order valence-electron chi connectivity index (χ4n) is 1.25. The van der Waals surface area contributed by atoms with Gasteiger partial charge in [-0.2, -0.15) is 13.2 Å². The van der Waals surface area contributed by atoms with Crippen LogP contribution in [0.25, 0.3) is 0 Å². The number of rotatable bonds is 5. The van der Waals surface area contributed by atoms with Crippen LogP contribution in [0, 0.1) is 5.82 Å². The van der Waals surface area contributed by atoms with Crippen molar-refractivity contribution in [2.45, 2.75) is 45.6 Å². The molecular formula is C12H16F4N2O. The third-order valence-corrected chi connectivity index (χ3v) is 2.34. The van der Waals surface area contributed by atoms with E-state index < -0.39 is 18.1 Å². The Morgan fingerprint density at radius 2 is 1.95 bits per heavy atom. The van der Waals surface area contributed by atoms with E-state index in [-0.39, 0.29) is 24.0 Å². The van der Waals surface area contributed by atoms with Crippen molar-refractivity contribution in [2.24, 2.45) is 0 Å². The number of nitrogens with one attached hydrogen (secondary N) is 1. The second kappa shape index (κ2) is 6.18. The first-order valence-electron chi connectivity index (χ1n) is 5.81. The Morgan fingerprint density at radius 1 is 1.32 bits per heavy atom. The Balaban J connectivity index is 2.87. The number of hydrogen-bond donors (Lipinski definition) is 1. The zero-order chi connectivity index (χ0) is 14.6. The van der Waals surface area contributed by atoms with E-state index in [0.717, 1.165) is 19.2 Å². The van der Waals surface area contributed by atoms with Crippen LogP contribution >= 0.6 is 0 Å². The molecule has 1 heterocycles. The van der Waals surface area contributed by atoms with E-state index in [4.69, 9.17) is 4.74 Å². The summed E-state index contributed by atoms with van der Waals surface area (Å²) >= 11 is 0. The number of pyridine rings is 1. The predicted molar refractivity (Wildman–Crippen MR) is 62.3 cm³/mol. The molecule has 0 spiro atoms. The van der Waals surface area contributed by atoms with E-state index >= 15 is 0 Å². The summed E-state index contributed by atoms with van der Waals surface area (Å²) in [6.07, 6.45) is -5.65. The Bertz CT molecular complexity index is 421. The molecule has 1 rings (SSSR count). The number of halogens is 4. The van der Waals surface area contributed by atoms with Gasteiger partial charge in [0, 0.05) is 18.2 Å². The summed E-state index contributed by atoms with van der Waals surface area (Å²) in [6.45, 7) is 4.80. The topological polar surface area (TPSA) is 34.2 Å². The summed E-state index contributed by atoms with van der Waals surface area (Å²) in [4.78, 5) is 3.57. The van der Waals surface area contributed by atoms with Gasteiger partial charge >= 0.3 is 6.18 Å². The zero-order valence-corrected chi connectivity index (χ0v) is 10.9.